The normalized spacial score (nSPS) is 12.1. The first kappa shape index (κ1) is 36.6. The van der Waals surface area contributed by atoms with Gasteiger partial charge in [0.15, 0.2) is 0 Å². The topological polar surface area (TPSA) is 111 Å². The van der Waals surface area contributed by atoms with Crippen LogP contribution in [0, 0.1) is 5.92 Å². The molecule has 8 heteroatoms. The summed E-state index contributed by atoms with van der Waals surface area (Å²) >= 11 is 0. The van der Waals surface area contributed by atoms with Crippen LogP contribution in [0.5, 0.6) is 5.75 Å². The first-order chi connectivity index (χ1) is 20.0. The van der Waals surface area contributed by atoms with Gasteiger partial charge in [0.05, 0.1) is 6.61 Å². The van der Waals surface area contributed by atoms with Crippen molar-refractivity contribution in [2.45, 2.75) is 111 Å². The quantitative estimate of drug-likeness (QED) is 0.0708. The van der Waals surface area contributed by atoms with Gasteiger partial charge in [-0.1, -0.05) is 90.5 Å². The molecule has 0 aliphatic heterocycles. The molecule has 0 heterocycles. The number of carbonyl (C=O) groups is 4. The van der Waals surface area contributed by atoms with Crippen molar-refractivity contribution in [3.8, 4) is 5.75 Å². The van der Waals surface area contributed by atoms with E-state index in [1.165, 1.54) is 19.3 Å². The SMILES string of the molecule is C=C(C)C(=O)OCCCCCCCCCCCNC(=O)C(NC(=O)CCc1ccc(OC(=O)C(=C)C)cc1)C(C)CC. The van der Waals surface area contributed by atoms with Crippen LogP contribution in [-0.4, -0.2) is 42.9 Å². The van der Waals surface area contributed by atoms with Crippen molar-refractivity contribution in [2.75, 3.05) is 13.2 Å². The summed E-state index contributed by atoms with van der Waals surface area (Å²) in [4.78, 5) is 48.5. The van der Waals surface area contributed by atoms with Crippen LogP contribution in [-0.2, 0) is 30.3 Å². The van der Waals surface area contributed by atoms with E-state index in [9.17, 15) is 19.2 Å². The van der Waals surface area contributed by atoms with Crippen LogP contribution in [0.25, 0.3) is 0 Å². The molecule has 0 bridgehead atoms. The third kappa shape index (κ3) is 16.1. The highest BCUT2D eigenvalue weighted by molar-refractivity contribution is 5.89. The summed E-state index contributed by atoms with van der Waals surface area (Å²) in [5.74, 6) is -0.632. The lowest BCUT2D eigenvalue weighted by Crippen LogP contribution is -2.50. The smallest absolute Gasteiger partial charge is 0.338 e. The van der Waals surface area contributed by atoms with Crippen LogP contribution in [0.2, 0.25) is 0 Å². The molecule has 0 saturated heterocycles. The molecule has 1 aromatic carbocycles. The van der Waals surface area contributed by atoms with Crippen LogP contribution in [0.4, 0.5) is 0 Å². The van der Waals surface area contributed by atoms with E-state index in [0.29, 0.717) is 36.5 Å². The highest BCUT2D eigenvalue weighted by atomic mass is 16.5. The van der Waals surface area contributed by atoms with Crippen molar-refractivity contribution >= 4 is 23.8 Å². The van der Waals surface area contributed by atoms with Crippen LogP contribution < -0.4 is 15.4 Å². The Morgan fingerprint density at radius 3 is 1.90 bits per heavy atom. The molecule has 0 aliphatic rings. The fourth-order valence-corrected chi connectivity index (χ4v) is 4.20. The maximum atomic E-state index is 12.9. The number of hydrogen-bond acceptors (Lipinski definition) is 6. The molecule has 0 spiro atoms. The molecule has 0 aliphatic carbocycles. The monoisotopic (exact) mass is 584 g/mol. The standard InChI is InChI=1S/C34H52N2O6/c1-7-27(6)31(36-30(37)22-19-28-17-20-29(21-18-28)42-34(40)26(4)5)32(38)35-23-15-13-11-9-8-10-12-14-16-24-41-33(39)25(2)3/h17-18,20-21,27,31H,2,4,7-16,19,22-24H2,1,3,5-6H3,(H,35,38)(H,36,37). The summed E-state index contributed by atoms with van der Waals surface area (Å²) in [5.41, 5.74) is 1.70. The summed E-state index contributed by atoms with van der Waals surface area (Å²) < 4.78 is 10.3. The fraction of sp³-hybridized carbons (Fsp3) is 0.588. The number of benzene rings is 1. The molecule has 42 heavy (non-hydrogen) atoms. The molecule has 0 saturated carbocycles. The van der Waals surface area contributed by atoms with Crippen LogP contribution in [0.1, 0.15) is 104 Å². The minimum absolute atomic E-state index is 0.0226. The highest BCUT2D eigenvalue weighted by Gasteiger charge is 2.25. The molecular weight excluding hydrogens is 532 g/mol. The predicted octanol–water partition coefficient (Wildman–Crippen LogP) is 6.38. The second-order valence-corrected chi connectivity index (χ2v) is 11.1. The number of esters is 2. The van der Waals surface area contributed by atoms with Crippen molar-refractivity contribution in [1.29, 1.82) is 0 Å². The van der Waals surface area contributed by atoms with Gasteiger partial charge >= 0.3 is 11.9 Å². The number of nitrogens with one attached hydrogen (secondary N) is 2. The van der Waals surface area contributed by atoms with Crippen LogP contribution in [0.3, 0.4) is 0 Å². The van der Waals surface area contributed by atoms with E-state index in [-0.39, 0.29) is 30.1 Å². The molecule has 8 nitrogen and oxygen atoms in total. The molecule has 2 unspecified atom stereocenters. The number of rotatable bonds is 22. The first-order valence-corrected chi connectivity index (χ1v) is 15.4. The van der Waals surface area contributed by atoms with Gasteiger partial charge < -0.3 is 20.1 Å². The Hall–Kier alpha value is -3.42. The van der Waals surface area contributed by atoms with Crippen molar-refractivity contribution in [3.63, 3.8) is 0 Å². The van der Waals surface area contributed by atoms with Crippen molar-refractivity contribution < 1.29 is 28.7 Å². The molecule has 2 N–H and O–H groups in total. The van der Waals surface area contributed by atoms with Crippen LogP contribution in [0.15, 0.2) is 48.6 Å². The largest absolute Gasteiger partial charge is 0.462 e. The zero-order chi connectivity index (χ0) is 31.3. The second kappa shape index (κ2) is 21.3. The number of amides is 2. The summed E-state index contributed by atoms with van der Waals surface area (Å²) in [6.45, 7) is 15.4. The van der Waals surface area contributed by atoms with Gasteiger partial charge in [0, 0.05) is 24.1 Å². The Balaban J connectivity index is 2.24. The third-order valence-electron chi connectivity index (χ3n) is 7.14. The Bertz CT molecular complexity index is 1020. The summed E-state index contributed by atoms with van der Waals surface area (Å²) in [5, 5.41) is 5.94. The minimum atomic E-state index is -0.559. The van der Waals surface area contributed by atoms with E-state index in [0.717, 1.165) is 50.5 Å². The number of carbonyl (C=O) groups excluding carboxylic acids is 4. The van der Waals surface area contributed by atoms with Gasteiger partial charge in [0.2, 0.25) is 11.8 Å². The lowest BCUT2D eigenvalue weighted by atomic mass is 9.97. The van der Waals surface area contributed by atoms with Crippen molar-refractivity contribution in [2.24, 2.45) is 5.92 Å². The van der Waals surface area contributed by atoms with E-state index in [4.69, 9.17) is 9.47 Å². The number of ether oxygens (including phenoxy) is 2. The van der Waals surface area contributed by atoms with Gasteiger partial charge in [-0.3, -0.25) is 9.59 Å². The first-order valence-electron chi connectivity index (χ1n) is 15.4. The molecule has 1 aromatic rings. The highest BCUT2D eigenvalue weighted by Crippen LogP contribution is 2.15. The molecular formula is C34H52N2O6. The van der Waals surface area contributed by atoms with Crippen molar-refractivity contribution in [1.82, 2.24) is 10.6 Å². The predicted molar refractivity (Wildman–Crippen MR) is 167 cm³/mol. The Labute approximate surface area is 252 Å². The van der Waals surface area contributed by atoms with Crippen molar-refractivity contribution in [3.05, 3.63) is 54.1 Å². The Morgan fingerprint density at radius 1 is 0.810 bits per heavy atom. The number of unbranched alkanes of at least 4 members (excludes halogenated alkanes) is 8. The van der Waals surface area contributed by atoms with E-state index < -0.39 is 12.0 Å². The zero-order valence-electron chi connectivity index (χ0n) is 26.2. The van der Waals surface area contributed by atoms with Gasteiger partial charge in [-0.15, -0.1) is 0 Å². The molecule has 1 rings (SSSR count). The van der Waals surface area contributed by atoms with E-state index in [1.807, 2.05) is 26.0 Å². The lowest BCUT2D eigenvalue weighted by Gasteiger charge is -2.23. The second-order valence-electron chi connectivity index (χ2n) is 11.1. The van der Waals surface area contributed by atoms with E-state index in [2.05, 4.69) is 23.8 Å². The number of hydrogen-bond donors (Lipinski definition) is 2. The van der Waals surface area contributed by atoms with Crippen LogP contribution >= 0.6 is 0 Å². The lowest BCUT2D eigenvalue weighted by molar-refractivity contribution is -0.139. The molecule has 0 aromatic heterocycles. The summed E-state index contributed by atoms with van der Waals surface area (Å²) in [7, 11) is 0. The van der Waals surface area contributed by atoms with E-state index >= 15 is 0 Å². The molecule has 234 valence electrons. The van der Waals surface area contributed by atoms with E-state index in [1.54, 1.807) is 26.0 Å². The minimum Gasteiger partial charge on any atom is -0.462 e. The average molecular weight is 585 g/mol. The molecule has 0 fully saturated rings. The average Bonchev–Trinajstić information content (AvgIpc) is 2.96. The Kier molecular flexibility index (Phi) is 18.6. The molecule has 0 radical (unpaired) electrons. The Morgan fingerprint density at radius 2 is 1.36 bits per heavy atom. The fourth-order valence-electron chi connectivity index (χ4n) is 4.20. The maximum absolute atomic E-state index is 12.9. The molecule has 2 atom stereocenters. The molecule has 2 amide bonds. The van der Waals surface area contributed by atoms with Gasteiger partial charge in [0.25, 0.3) is 0 Å². The summed E-state index contributed by atoms with van der Waals surface area (Å²) in [6, 6.07) is 6.47. The zero-order valence-corrected chi connectivity index (χ0v) is 26.2. The third-order valence-corrected chi connectivity index (χ3v) is 7.14. The van der Waals surface area contributed by atoms with Gasteiger partial charge in [-0.05, 0) is 56.7 Å². The number of aryl methyl sites for hydroxylation is 1. The van der Waals surface area contributed by atoms with Gasteiger partial charge in [0.1, 0.15) is 11.8 Å². The summed E-state index contributed by atoms with van der Waals surface area (Å²) in [6.07, 6.45) is 11.3. The maximum Gasteiger partial charge on any atom is 0.338 e. The van der Waals surface area contributed by atoms with Gasteiger partial charge in [-0.25, -0.2) is 9.59 Å². The van der Waals surface area contributed by atoms with Gasteiger partial charge in [-0.2, -0.15) is 0 Å².